The molecule has 2 aromatic rings. The zero-order valence-electron chi connectivity index (χ0n) is 13.9. The largest absolute Gasteiger partial charge is 0.472 e. The van der Waals surface area contributed by atoms with Crippen LogP contribution in [-0.4, -0.2) is 39.7 Å². The van der Waals surface area contributed by atoms with Gasteiger partial charge in [0.25, 0.3) is 5.91 Å². The lowest BCUT2D eigenvalue weighted by atomic mass is 9.78. The molecule has 4 rings (SSSR count). The van der Waals surface area contributed by atoms with Gasteiger partial charge in [0, 0.05) is 5.69 Å². The van der Waals surface area contributed by atoms with E-state index in [9.17, 15) is 9.90 Å². The summed E-state index contributed by atoms with van der Waals surface area (Å²) in [7, 11) is 0. The predicted octanol–water partition coefficient (Wildman–Crippen LogP) is 1.72. The number of aliphatic hydroxyl groups is 1. The average molecular weight is 340 g/mol. The smallest absolute Gasteiger partial charge is 0.267 e. The highest BCUT2D eigenvalue weighted by molar-refractivity contribution is 6.10. The number of nitrogen functional groups attached to an aromatic ring is 1. The van der Waals surface area contributed by atoms with Crippen molar-refractivity contribution in [2.75, 3.05) is 17.2 Å². The number of benzene rings is 1. The van der Waals surface area contributed by atoms with E-state index in [0.29, 0.717) is 12.5 Å². The molecule has 7 nitrogen and oxygen atoms in total. The lowest BCUT2D eigenvalue weighted by Gasteiger charge is -2.32. The number of nitrogens with two attached hydrogens (primary N) is 1. The third-order valence-electron chi connectivity index (χ3n) is 4.84. The minimum absolute atomic E-state index is 0.120. The molecule has 1 fully saturated rings. The van der Waals surface area contributed by atoms with Crippen molar-refractivity contribution in [1.82, 2.24) is 9.97 Å². The van der Waals surface area contributed by atoms with E-state index in [4.69, 9.17) is 10.5 Å². The Morgan fingerprint density at radius 3 is 2.64 bits per heavy atom. The summed E-state index contributed by atoms with van der Waals surface area (Å²) in [6.07, 6.45) is 2.49. The first-order chi connectivity index (χ1) is 12.0. The fourth-order valence-electron chi connectivity index (χ4n) is 3.38. The molecule has 1 atom stereocenters. The summed E-state index contributed by atoms with van der Waals surface area (Å²) in [4.78, 5) is 22.6. The number of aromatic nitrogens is 2. The summed E-state index contributed by atoms with van der Waals surface area (Å²) in [5.74, 6) is 0.488. The van der Waals surface area contributed by atoms with Gasteiger partial charge in [-0.15, -0.1) is 0 Å². The van der Waals surface area contributed by atoms with E-state index < -0.39 is 0 Å². The molecule has 0 spiro atoms. The van der Waals surface area contributed by atoms with Gasteiger partial charge in [-0.05, 0) is 43.4 Å². The third kappa shape index (κ3) is 2.80. The van der Waals surface area contributed by atoms with E-state index in [0.717, 1.165) is 18.5 Å². The molecule has 1 amide bonds. The van der Waals surface area contributed by atoms with Crippen LogP contribution in [0.1, 0.15) is 41.6 Å². The fourth-order valence-corrected chi connectivity index (χ4v) is 3.38. The van der Waals surface area contributed by atoms with Crippen LogP contribution in [0.2, 0.25) is 0 Å². The number of anilines is 2. The van der Waals surface area contributed by atoms with Crippen LogP contribution in [0.4, 0.5) is 11.5 Å². The summed E-state index contributed by atoms with van der Waals surface area (Å²) in [5, 5.41) is 9.46. The predicted molar refractivity (Wildman–Crippen MR) is 92.6 cm³/mol. The Hall–Kier alpha value is -2.67. The Kier molecular flexibility index (Phi) is 3.80. The first-order valence-electron chi connectivity index (χ1n) is 8.40. The molecule has 0 radical (unpaired) electrons. The zero-order chi connectivity index (χ0) is 17.6. The minimum atomic E-state index is -0.260. The molecular weight excluding hydrogens is 320 g/mol. The number of hydrogen-bond acceptors (Lipinski definition) is 6. The number of fused-ring (bicyclic) bond motifs is 1. The van der Waals surface area contributed by atoms with Crippen LogP contribution < -0.4 is 15.4 Å². The van der Waals surface area contributed by atoms with Gasteiger partial charge in [-0.3, -0.25) is 4.79 Å². The van der Waals surface area contributed by atoms with Gasteiger partial charge in [0.2, 0.25) is 5.88 Å². The highest BCUT2D eigenvalue weighted by Gasteiger charge is 2.32. The van der Waals surface area contributed by atoms with Gasteiger partial charge < -0.3 is 20.5 Å². The lowest BCUT2D eigenvalue weighted by Crippen LogP contribution is -2.36. The summed E-state index contributed by atoms with van der Waals surface area (Å²) in [6, 6.07) is 7.88. The number of carbonyl (C=O) groups is 1. The Balaban J connectivity index is 1.65. The van der Waals surface area contributed by atoms with Gasteiger partial charge in [-0.2, -0.15) is 0 Å². The normalized spacial score (nSPS) is 25.6. The highest BCUT2D eigenvalue weighted by Crippen LogP contribution is 2.37. The zero-order valence-corrected chi connectivity index (χ0v) is 13.9. The standard InChI is InChI=1S/C18H20N4O3/c1-10-8-22(18(24)15-16(19)20-9-21-17(15)25-10)13-4-2-11(3-5-13)12-6-14(23)7-12/h2-5,9-10,12,14,23H,6-8H2,1H3,(H2,19,20,21)/t10-,12-,14+/m1/s1. The van der Waals surface area contributed by atoms with Crippen molar-refractivity contribution in [2.45, 2.75) is 37.9 Å². The van der Waals surface area contributed by atoms with Gasteiger partial charge in [-0.1, -0.05) is 12.1 Å². The molecular formula is C18H20N4O3. The van der Waals surface area contributed by atoms with Crippen molar-refractivity contribution in [1.29, 1.82) is 0 Å². The maximum atomic E-state index is 13.0. The number of carbonyl (C=O) groups excluding carboxylic acids is 1. The van der Waals surface area contributed by atoms with E-state index in [1.807, 2.05) is 31.2 Å². The average Bonchev–Trinajstić information content (AvgIpc) is 2.69. The third-order valence-corrected chi connectivity index (χ3v) is 4.84. The Bertz CT molecular complexity index is 802. The minimum Gasteiger partial charge on any atom is -0.472 e. The quantitative estimate of drug-likeness (QED) is 0.863. The van der Waals surface area contributed by atoms with E-state index in [2.05, 4.69) is 9.97 Å². The summed E-state index contributed by atoms with van der Waals surface area (Å²) < 4.78 is 5.74. The van der Waals surface area contributed by atoms with E-state index >= 15 is 0 Å². The second-order valence-electron chi connectivity index (χ2n) is 6.70. The van der Waals surface area contributed by atoms with E-state index in [1.54, 1.807) is 4.90 Å². The van der Waals surface area contributed by atoms with Crippen molar-refractivity contribution in [2.24, 2.45) is 0 Å². The van der Waals surface area contributed by atoms with Crippen LogP contribution in [0, 0.1) is 0 Å². The molecule has 1 aromatic carbocycles. The number of rotatable bonds is 2. The first kappa shape index (κ1) is 15.8. The maximum absolute atomic E-state index is 13.0. The SMILES string of the molecule is C[C@@H]1CN(c2ccc([C@H]3C[C@@H](O)C3)cc2)C(=O)c2c(N)ncnc2O1. The number of ether oxygens (including phenoxy) is 1. The molecule has 0 saturated heterocycles. The molecule has 1 aliphatic carbocycles. The van der Waals surface area contributed by atoms with Gasteiger partial charge >= 0.3 is 0 Å². The van der Waals surface area contributed by atoms with Crippen LogP contribution in [0.3, 0.4) is 0 Å². The highest BCUT2D eigenvalue weighted by atomic mass is 16.5. The summed E-state index contributed by atoms with van der Waals surface area (Å²) in [5.41, 5.74) is 8.06. The van der Waals surface area contributed by atoms with Gasteiger partial charge in [-0.25, -0.2) is 9.97 Å². The topological polar surface area (TPSA) is 102 Å². The van der Waals surface area contributed by atoms with Gasteiger partial charge in [0.15, 0.2) is 0 Å². The number of hydrogen-bond donors (Lipinski definition) is 2. The van der Waals surface area contributed by atoms with Gasteiger partial charge in [0.05, 0.1) is 12.6 Å². The van der Waals surface area contributed by atoms with Crippen molar-refractivity contribution in [3.05, 3.63) is 41.7 Å². The van der Waals surface area contributed by atoms with Crippen molar-refractivity contribution in [3.63, 3.8) is 0 Å². The molecule has 0 unspecified atom stereocenters. The molecule has 130 valence electrons. The maximum Gasteiger partial charge on any atom is 0.267 e. The second kappa shape index (κ2) is 6.00. The molecule has 1 saturated carbocycles. The Morgan fingerprint density at radius 1 is 1.24 bits per heavy atom. The van der Waals surface area contributed by atoms with Crippen molar-refractivity contribution < 1.29 is 14.6 Å². The molecule has 3 N–H and O–H groups in total. The summed E-state index contributed by atoms with van der Waals surface area (Å²) in [6.45, 7) is 2.29. The second-order valence-corrected chi connectivity index (χ2v) is 6.70. The Morgan fingerprint density at radius 2 is 1.96 bits per heavy atom. The molecule has 2 heterocycles. The fraction of sp³-hybridized carbons (Fsp3) is 0.389. The lowest BCUT2D eigenvalue weighted by molar-refractivity contribution is 0.0746. The molecule has 7 heteroatoms. The molecule has 1 aromatic heterocycles. The van der Waals surface area contributed by atoms with Gasteiger partial charge in [0.1, 0.15) is 23.8 Å². The first-order valence-corrected chi connectivity index (χ1v) is 8.40. The number of amides is 1. The van der Waals surface area contributed by atoms with E-state index in [-0.39, 0.29) is 35.4 Å². The van der Waals surface area contributed by atoms with Crippen LogP contribution in [-0.2, 0) is 0 Å². The molecule has 1 aliphatic heterocycles. The van der Waals surface area contributed by atoms with E-state index in [1.165, 1.54) is 11.9 Å². The monoisotopic (exact) mass is 340 g/mol. The van der Waals surface area contributed by atoms with Crippen LogP contribution in [0.25, 0.3) is 0 Å². The number of aliphatic hydroxyl groups excluding tert-OH is 1. The van der Waals surface area contributed by atoms with Crippen molar-refractivity contribution in [3.8, 4) is 5.88 Å². The molecule has 2 aliphatic rings. The number of nitrogens with zero attached hydrogens (tertiary/aromatic N) is 3. The van der Waals surface area contributed by atoms with Crippen molar-refractivity contribution >= 4 is 17.4 Å². The molecule has 0 bridgehead atoms. The van der Waals surface area contributed by atoms with Crippen LogP contribution in [0.15, 0.2) is 30.6 Å². The van der Waals surface area contributed by atoms with Crippen LogP contribution in [0.5, 0.6) is 5.88 Å². The van der Waals surface area contributed by atoms with Crippen LogP contribution >= 0.6 is 0 Å². The Labute approximate surface area is 145 Å². The molecule has 25 heavy (non-hydrogen) atoms. The summed E-state index contributed by atoms with van der Waals surface area (Å²) >= 11 is 0.